The van der Waals surface area contributed by atoms with Crippen LogP contribution in [-0.4, -0.2) is 30.7 Å². The normalized spacial score (nSPS) is 26.1. The summed E-state index contributed by atoms with van der Waals surface area (Å²) in [5.74, 6) is -0.421. The summed E-state index contributed by atoms with van der Waals surface area (Å²) in [6, 6.07) is 0. The van der Waals surface area contributed by atoms with E-state index in [0.717, 1.165) is 10.5 Å². The van der Waals surface area contributed by atoms with Gasteiger partial charge in [0.2, 0.25) is 11.7 Å². The number of carbonyl (C=O) groups excluding carboxylic acids is 1. The van der Waals surface area contributed by atoms with E-state index in [9.17, 15) is 4.79 Å². The van der Waals surface area contributed by atoms with Crippen LogP contribution in [0.15, 0.2) is 34.3 Å². The van der Waals surface area contributed by atoms with E-state index in [1.54, 1.807) is 11.8 Å². The van der Waals surface area contributed by atoms with Crippen molar-refractivity contribution in [2.75, 3.05) is 19.0 Å². The minimum absolute atomic E-state index is 0.347. The Hall–Kier alpha value is -1.04. The topological polar surface area (TPSA) is 61.6 Å². The lowest BCUT2D eigenvalue weighted by atomic mass is 10.0. The molecule has 3 aliphatic rings. The molecule has 5 heteroatoms. The molecule has 0 atom stereocenters. The number of allylic oxidation sites excluding steroid dienone is 2. The van der Waals surface area contributed by atoms with Gasteiger partial charge in [-0.05, 0) is 17.7 Å². The summed E-state index contributed by atoms with van der Waals surface area (Å²) in [7, 11) is 0. The molecule has 0 saturated carbocycles. The fourth-order valence-electron chi connectivity index (χ4n) is 2.01. The second kappa shape index (κ2) is 3.48. The Balaban J connectivity index is 2.00. The van der Waals surface area contributed by atoms with Gasteiger partial charge in [-0.3, -0.25) is 4.79 Å². The van der Waals surface area contributed by atoms with Crippen LogP contribution in [0.1, 0.15) is 0 Å². The molecular weight excluding hydrogens is 226 g/mol. The van der Waals surface area contributed by atoms with Gasteiger partial charge >= 0.3 is 0 Å². The molecule has 0 unspecified atom stereocenters. The Morgan fingerprint density at radius 3 is 2.88 bits per heavy atom. The molecule has 0 aromatic carbocycles. The standard InChI is InChI=1S/C11H11NO3S/c12-10(13)8-6-16-9-5-11(2-1-7(8)9)14-3-4-15-11/h1-2,5H,3-4,6H2,(H2,12,13). The highest BCUT2D eigenvalue weighted by Gasteiger charge is 2.37. The first-order chi connectivity index (χ1) is 7.70. The van der Waals surface area contributed by atoms with Crippen LogP contribution in [0.2, 0.25) is 0 Å². The van der Waals surface area contributed by atoms with Crippen molar-refractivity contribution >= 4 is 17.7 Å². The molecule has 0 bridgehead atoms. The molecule has 0 aromatic rings. The van der Waals surface area contributed by atoms with Crippen molar-refractivity contribution in [1.82, 2.24) is 0 Å². The molecular formula is C11H11NO3S. The summed E-state index contributed by atoms with van der Waals surface area (Å²) < 4.78 is 11.1. The van der Waals surface area contributed by atoms with Crippen LogP contribution >= 0.6 is 11.8 Å². The molecule has 1 amide bonds. The van der Waals surface area contributed by atoms with Gasteiger partial charge in [-0.25, -0.2) is 0 Å². The fraction of sp³-hybridized carbons (Fsp3) is 0.364. The number of nitrogens with two attached hydrogens (primary N) is 1. The summed E-state index contributed by atoms with van der Waals surface area (Å²) in [6.45, 7) is 1.20. The molecule has 2 aliphatic heterocycles. The van der Waals surface area contributed by atoms with Crippen LogP contribution in [0.25, 0.3) is 0 Å². The third-order valence-electron chi connectivity index (χ3n) is 2.81. The smallest absolute Gasteiger partial charge is 0.246 e. The molecule has 1 spiro atoms. The van der Waals surface area contributed by atoms with Gasteiger partial charge in [-0.15, -0.1) is 11.8 Å². The van der Waals surface area contributed by atoms with Gasteiger partial charge in [0.25, 0.3) is 0 Å². The van der Waals surface area contributed by atoms with Gasteiger partial charge in [0.05, 0.1) is 13.2 Å². The van der Waals surface area contributed by atoms with Gasteiger partial charge in [-0.2, -0.15) is 0 Å². The largest absolute Gasteiger partial charge is 0.366 e. The van der Waals surface area contributed by atoms with Crippen molar-refractivity contribution in [3.8, 4) is 0 Å². The molecule has 2 N–H and O–H groups in total. The first-order valence-corrected chi connectivity index (χ1v) is 6.05. The third-order valence-corrected chi connectivity index (χ3v) is 3.90. The van der Waals surface area contributed by atoms with E-state index in [0.29, 0.717) is 24.5 Å². The molecule has 1 fully saturated rings. The summed E-state index contributed by atoms with van der Waals surface area (Å²) in [5.41, 5.74) is 6.92. The van der Waals surface area contributed by atoms with Gasteiger partial charge in [0.15, 0.2) is 0 Å². The number of thioether (sulfide) groups is 1. The molecule has 84 valence electrons. The van der Waals surface area contributed by atoms with Crippen molar-refractivity contribution in [1.29, 1.82) is 0 Å². The molecule has 16 heavy (non-hydrogen) atoms. The fourth-order valence-corrected chi connectivity index (χ4v) is 3.21. The SMILES string of the molecule is NC(=O)C1=C2C=CC3(C=C2SC1)OCCO3. The Bertz CT molecular complexity index is 444. The van der Waals surface area contributed by atoms with Gasteiger partial charge < -0.3 is 15.2 Å². The van der Waals surface area contributed by atoms with Crippen molar-refractivity contribution in [2.45, 2.75) is 5.79 Å². The lowest BCUT2D eigenvalue weighted by molar-refractivity contribution is -0.114. The van der Waals surface area contributed by atoms with Gasteiger partial charge in [-0.1, -0.05) is 6.08 Å². The van der Waals surface area contributed by atoms with E-state index in [2.05, 4.69) is 0 Å². The maximum absolute atomic E-state index is 11.2. The van der Waals surface area contributed by atoms with Crippen molar-refractivity contribution in [3.05, 3.63) is 34.3 Å². The zero-order valence-electron chi connectivity index (χ0n) is 8.56. The lowest BCUT2D eigenvalue weighted by Gasteiger charge is -2.23. The average molecular weight is 237 g/mol. The summed E-state index contributed by atoms with van der Waals surface area (Å²) in [6.07, 6.45) is 5.64. The van der Waals surface area contributed by atoms with E-state index in [-0.39, 0.29) is 5.91 Å². The maximum atomic E-state index is 11.2. The predicted octanol–water partition coefficient (Wildman–Crippen LogP) is 0.712. The van der Waals surface area contributed by atoms with Crippen LogP contribution in [0, 0.1) is 0 Å². The Morgan fingerprint density at radius 2 is 2.19 bits per heavy atom. The first kappa shape index (κ1) is 10.1. The second-order valence-electron chi connectivity index (χ2n) is 3.81. The van der Waals surface area contributed by atoms with E-state index in [1.807, 2.05) is 18.2 Å². The lowest BCUT2D eigenvalue weighted by Crippen LogP contribution is -2.26. The minimum atomic E-state index is -0.709. The highest BCUT2D eigenvalue weighted by molar-refractivity contribution is 8.03. The van der Waals surface area contributed by atoms with E-state index in [4.69, 9.17) is 15.2 Å². The average Bonchev–Trinajstić information content (AvgIpc) is 2.85. The van der Waals surface area contributed by atoms with Crippen LogP contribution in [0.4, 0.5) is 0 Å². The number of hydrogen-bond acceptors (Lipinski definition) is 4. The van der Waals surface area contributed by atoms with Crippen molar-refractivity contribution in [2.24, 2.45) is 5.73 Å². The number of hydrogen-bond donors (Lipinski definition) is 1. The minimum Gasteiger partial charge on any atom is -0.366 e. The van der Waals surface area contributed by atoms with Gasteiger partial charge in [0, 0.05) is 16.2 Å². The Kier molecular flexibility index (Phi) is 2.20. The monoisotopic (exact) mass is 237 g/mol. The van der Waals surface area contributed by atoms with Crippen molar-refractivity contribution in [3.63, 3.8) is 0 Å². The number of amides is 1. The van der Waals surface area contributed by atoms with E-state index in [1.165, 1.54) is 0 Å². The summed E-state index contributed by atoms with van der Waals surface area (Å²) >= 11 is 1.60. The van der Waals surface area contributed by atoms with Crippen LogP contribution in [-0.2, 0) is 14.3 Å². The van der Waals surface area contributed by atoms with Gasteiger partial charge in [0.1, 0.15) is 0 Å². The van der Waals surface area contributed by atoms with Crippen LogP contribution in [0.5, 0.6) is 0 Å². The summed E-state index contributed by atoms with van der Waals surface area (Å²) in [4.78, 5) is 12.2. The maximum Gasteiger partial charge on any atom is 0.246 e. The molecule has 1 saturated heterocycles. The molecule has 4 nitrogen and oxygen atoms in total. The number of ether oxygens (including phenoxy) is 2. The van der Waals surface area contributed by atoms with E-state index < -0.39 is 5.79 Å². The molecule has 2 heterocycles. The second-order valence-corrected chi connectivity index (χ2v) is 4.82. The molecule has 1 aliphatic carbocycles. The predicted molar refractivity (Wildman–Crippen MR) is 60.5 cm³/mol. The number of carbonyl (C=O) groups is 1. The van der Waals surface area contributed by atoms with Crippen molar-refractivity contribution < 1.29 is 14.3 Å². The molecule has 0 radical (unpaired) electrons. The highest BCUT2D eigenvalue weighted by atomic mass is 32.2. The quantitative estimate of drug-likeness (QED) is 0.729. The highest BCUT2D eigenvalue weighted by Crippen LogP contribution is 2.43. The van der Waals surface area contributed by atoms with Crippen LogP contribution < -0.4 is 5.73 Å². The third kappa shape index (κ3) is 1.43. The summed E-state index contributed by atoms with van der Waals surface area (Å²) in [5, 5.41) is 0. The number of rotatable bonds is 1. The number of primary amides is 1. The van der Waals surface area contributed by atoms with Crippen LogP contribution in [0.3, 0.4) is 0 Å². The number of fused-ring (bicyclic) bond motifs is 1. The van der Waals surface area contributed by atoms with E-state index >= 15 is 0 Å². The molecule has 3 rings (SSSR count). The zero-order chi connectivity index (χ0) is 11.2. The Morgan fingerprint density at radius 1 is 1.44 bits per heavy atom. The Labute approximate surface area is 97.2 Å². The zero-order valence-corrected chi connectivity index (χ0v) is 9.38. The first-order valence-electron chi connectivity index (χ1n) is 5.06. The molecule has 0 aromatic heterocycles.